The Bertz CT molecular complexity index is 468. The fourth-order valence-electron chi connectivity index (χ4n) is 1.58. The molecule has 102 valence electrons. The molecule has 2 N–H and O–H groups in total. The third-order valence-corrected chi connectivity index (χ3v) is 4.61. The minimum atomic E-state index is -3.53. The molecule has 1 rings (SSSR count). The lowest BCUT2D eigenvalue weighted by atomic mass is 9.99. The minimum absolute atomic E-state index is 0.218. The molecule has 0 aliphatic heterocycles. The lowest BCUT2D eigenvalue weighted by Gasteiger charge is -2.13. The van der Waals surface area contributed by atoms with E-state index in [0.717, 1.165) is 12.0 Å². The molecule has 0 amide bonds. The first-order valence-electron chi connectivity index (χ1n) is 6.13. The van der Waals surface area contributed by atoms with Crippen LogP contribution in [-0.4, -0.2) is 26.2 Å². The summed E-state index contributed by atoms with van der Waals surface area (Å²) in [6.07, 6.45) is 1.02. The van der Waals surface area contributed by atoms with E-state index in [0.29, 0.717) is 5.92 Å². The van der Waals surface area contributed by atoms with Crippen LogP contribution >= 0.6 is 0 Å². The zero-order valence-electron chi connectivity index (χ0n) is 11.1. The van der Waals surface area contributed by atoms with Crippen molar-refractivity contribution in [1.82, 2.24) is 4.72 Å². The van der Waals surface area contributed by atoms with Gasteiger partial charge >= 0.3 is 0 Å². The summed E-state index contributed by atoms with van der Waals surface area (Å²) in [6, 6.07) is 6.41. The van der Waals surface area contributed by atoms with Crippen molar-refractivity contribution in [2.75, 3.05) is 6.61 Å². The van der Waals surface area contributed by atoms with Crippen LogP contribution in [0.2, 0.25) is 0 Å². The Morgan fingerprint density at radius 1 is 1.22 bits per heavy atom. The smallest absolute Gasteiger partial charge is 0.240 e. The van der Waals surface area contributed by atoms with Gasteiger partial charge in [-0.3, -0.25) is 0 Å². The molecule has 1 unspecified atom stereocenters. The van der Waals surface area contributed by atoms with Crippen molar-refractivity contribution in [3.8, 4) is 0 Å². The summed E-state index contributed by atoms with van der Waals surface area (Å²) in [5.41, 5.74) is 1.13. The van der Waals surface area contributed by atoms with Gasteiger partial charge in [-0.15, -0.1) is 0 Å². The van der Waals surface area contributed by atoms with Crippen LogP contribution in [0.1, 0.15) is 38.7 Å². The first-order valence-corrected chi connectivity index (χ1v) is 7.62. The predicted molar refractivity (Wildman–Crippen MR) is 72.0 cm³/mol. The molecule has 5 heteroatoms. The summed E-state index contributed by atoms with van der Waals surface area (Å²) in [7, 11) is -3.53. The zero-order valence-corrected chi connectivity index (χ0v) is 11.9. The van der Waals surface area contributed by atoms with Gasteiger partial charge in [0.2, 0.25) is 10.0 Å². The van der Waals surface area contributed by atoms with E-state index in [-0.39, 0.29) is 11.5 Å². The molecule has 0 aromatic heterocycles. The molecule has 0 spiro atoms. The Labute approximate surface area is 109 Å². The number of aliphatic hydroxyl groups is 1. The van der Waals surface area contributed by atoms with Crippen molar-refractivity contribution in [2.45, 2.75) is 44.0 Å². The fourth-order valence-corrected chi connectivity index (χ4v) is 2.82. The van der Waals surface area contributed by atoms with E-state index in [4.69, 9.17) is 5.11 Å². The van der Waals surface area contributed by atoms with Crippen molar-refractivity contribution in [2.24, 2.45) is 0 Å². The molecule has 0 bridgehead atoms. The molecule has 4 nitrogen and oxygen atoms in total. The lowest BCUT2D eigenvalue weighted by Crippen LogP contribution is -2.34. The van der Waals surface area contributed by atoms with Gasteiger partial charge in [0.25, 0.3) is 0 Å². The highest BCUT2D eigenvalue weighted by Gasteiger charge is 2.16. The molecule has 0 heterocycles. The third kappa shape index (κ3) is 3.80. The normalized spacial score (nSPS) is 15.3. The van der Waals surface area contributed by atoms with E-state index < -0.39 is 16.1 Å². The Kier molecular flexibility index (Phi) is 5.31. The lowest BCUT2D eigenvalue weighted by molar-refractivity contribution is 0.265. The van der Waals surface area contributed by atoms with E-state index in [1.54, 1.807) is 19.1 Å². The first-order chi connectivity index (χ1) is 8.40. The number of rotatable bonds is 6. The Balaban J connectivity index is 2.91. The van der Waals surface area contributed by atoms with Crippen LogP contribution < -0.4 is 4.72 Å². The van der Waals surface area contributed by atoms with Gasteiger partial charge in [-0.2, -0.15) is 0 Å². The molecule has 1 aromatic rings. The van der Waals surface area contributed by atoms with E-state index in [1.165, 1.54) is 0 Å². The van der Waals surface area contributed by atoms with Crippen molar-refractivity contribution in [3.63, 3.8) is 0 Å². The second kappa shape index (κ2) is 6.31. The summed E-state index contributed by atoms with van der Waals surface area (Å²) in [6.45, 7) is 5.60. The van der Waals surface area contributed by atoms with E-state index in [9.17, 15) is 8.42 Å². The molecular weight excluding hydrogens is 250 g/mol. The highest BCUT2D eigenvalue weighted by Crippen LogP contribution is 2.20. The number of hydrogen-bond donors (Lipinski definition) is 2. The Hall–Kier alpha value is -0.910. The van der Waals surface area contributed by atoms with Crippen LogP contribution in [0.25, 0.3) is 0 Å². The van der Waals surface area contributed by atoms with Crippen molar-refractivity contribution >= 4 is 10.0 Å². The summed E-state index contributed by atoms with van der Waals surface area (Å²) in [5.74, 6) is 0.422. The second-order valence-electron chi connectivity index (χ2n) is 4.58. The van der Waals surface area contributed by atoms with Crippen molar-refractivity contribution in [1.29, 1.82) is 0 Å². The molecule has 0 saturated carbocycles. The van der Waals surface area contributed by atoms with E-state index in [2.05, 4.69) is 18.6 Å². The van der Waals surface area contributed by atoms with Crippen LogP contribution in [0, 0.1) is 0 Å². The standard InChI is InChI=1S/C13H21NO3S/c1-4-10(2)12-5-7-13(8-6-12)18(16,17)14-11(3)9-15/h5-8,10-11,14-15H,4,9H2,1-3H3/t10?,11-/m0/s1. The number of hydrogen-bond acceptors (Lipinski definition) is 3. The predicted octanol–water partition coefficient (Wildman–Crippen LogP) is 1.86. The maximum atomic E-state index is 11.9. The number of sulfonamides is 1. The van der Waals surface area contributed by atoms with Crippen molar-refractivity contribution < 1.29 is 13.5 Å². The molecule has 2 atom stereocenters. The van der Waals surface area contributed by atoms with Gasteiger partial charge in [0.1, 0.15) is 0 Å². The summed E-state index contributed by atoms with van der Waals surface area (Å²) < 4.78 is 26.3. The topological polar surface area (TPSA) is 66.4 Å². The first kappa shape index (κ1) is 15.1. The summed E-state index contributed by atoms with van der Waals surface area (Å²) >= 11 is 0. The van der Waals surface area contributed by atoms with Gasteiger partial charge in [0.15, 0.2) is 0 Å². The highest BCUT2D eigenvalue weighted by atomic mass is 32.2. The second-order valence-corrected chi connectivity index (χ2v) is 6.30. The van der Waals surface area contributed by atoms with Crippen LogP contribution in [0.4, 0.5) is 0 Å². The van der Waals surface area contributed by atoms with Crippen LogP contribution in [0.15, 0.2) is 29.2 Å². The summed E-state index contributed by atoms with van der Waals surface area (Å²) in [5, 5.41) is 8.87. The van der Waals surface area contributed by atoms with Gasteiger partial charge in [0, 0.05) is 6.04 Å². The molecule has 18 heavy (non-hydrogen) atoms. The minimum Gasteiger partial charge on any atom is -0.395 e. The SMILES string of the molecule is CCC(C)c1ccc(S(=O)(=O)N[C@@H](C)CO)cc1. The Morgan fingerprint density at radius 2 is 1.78 bits per heavy atom. The maximum Gasteiger partial charge on any atom is 0.240 e. The zero-order chi connectivity index (χ0) is 13.8. The summed E-state index contributed by atoms with van der Waals surface area (Å²) in [4.78, 5) is 0.231. The molecule has 0 aliphatic rings. The number of benzene rings is 1. The number of aliphatic hydroxyl groups excluding tert-OH is 1. The molecule has 0 saturated heterocycles. The Morgan fingerprint density at radius 3 is 2.22 bits per heavy atom. The molecule has 0 aliphatic carbocycles. The van der Waals surface area contributed by atoms with Gasteiger partial charge in [-0.05, 0) is 37.0 Å². The van der Waals surface area contributed by atoms with Gasteiger partial charge in [0.05, 0.1) is 11.5 Å². The average Bonchev–Trinajstić information content (AvgIpc) is 2.37. The van der Waals surface area contributed by atoms with Gasteiger partial charge in [-0.1, -0.05) is 26.0 Å². The highest BCUT2D eigenvalue weighted by molar-refractivity contribution is 7.89. The van der Waals surface area contributed by atoms with E-state index >= 15 is 0 Å². The van der Waals surface area contributed by atoms with Crippen LogP contribution in [-0.2, 0) is 10.0 Å². The molecule has 0 radical (unpaired) electrons. The quantitative estimate of drug-likeness (QED) is 0.830. The maximum absolute atomic E-state index is 11.9. The monoisotopic (exact) mass is 271 g/mol. The van der Waals surface area contributed by atoms with Gasteiger partial charge < -0.3 is 5.11 Å². The van der Waals surface area contributed by atoms with E-state index in [1.807, 2.05) is 12.1 Å². The third-order valence-electron chi connectivity index (χ3n) is 3.00. The van der Waals surface area contributed by atoms with Crippen LogP contribution in [0.3, 0.4) is 0 Å². The molecule has 0 fully saturated rings. The molecular formula is C13H21NO3S. The van der Waals surface area contributed by atoms with Crippen molar-refractivity contribution in [3.05, 3.63) is 29.8 Å². The fraction of sp³-hybridized carbons (Fsp3) is 0.538. The van der Waals surface area contributed by atoms with Crippen LogP contribution in [0.5, 0.6) is 0 Å². The largest absolute Gasteiger partial charge is 0.395 e. The number of nitrogens with one attached hydrogen (secondary N) is 1. The van der Waals surface area contributed by atoms with Gasteiger partial charge in [-0.25, -0.2) is 13.1 Å². The molecule has 1 aromatic carbocycles. The average molecular weight is 271 g/mol.